The highest BCUT2D eigenvalue weighted by molar-refractivity contribution is 4.71. The van der Waals surface area contributed by atoms with Gasteiger partial charge in [0, 0.05) is 32.7 Å². The zero-order valence-corrected chi connectivity index (χ0v) is 9.68. The van der Waals surface area contributed by atoms with Gasteiger partial charge in [0.1, 0.15) is 0 Å². The molecule has 1 heterocycles. The Hall–Kier alpha value is -0.120. The Kier molecular flexibility index (Phi) is 6.15. The normalized spacial score (nSPS) is 21.0. The second kappa shape index (κ2) is 7.21. The van der Waals surface area contributed by atoms with Gasteiger partial charge in [0.15, 0.2) is 0 Å². The molecule has 0 spiro atoms. The summed E-state index contributed by atoms with van der Waals surface area (Å²) < 4.78 is 0. The van der Waals surface area contributed by atoms with Gasteiger partial charge in [-0.25, -0.2) is 0 Å². The summed E-state index contributed by atoms with van der Waals surface area (Å²) in [7, 11) is 2.04. The SMILES string of the molecule is CC[C@H](CCNC)CN1CCNCC1. The van der Waals surface area contributed by atoms with Gasteiger partial charge in [0.25, 0.3) is 0 Å². The Balaban J connectivity index is 2.16. The molecule has 0 aromatic rings. The van der Waals surface area contributed by atoms with E-state index in [4.69, 9.17) is 0 Å². The fourth-order valence-corrected chi connectivity index (χ4v) is 2.03. The van der Waals surface area contributed by atoms with E-state index in [2.05, 4.69) is 22.5 Å². The summed E-state index contributed by atoms with van der Waals surface area (Å²) in [6.07, 6.45) is 2.63. The molecule has 0 bridgehead atoms. The highest BCUT2D eigenvalue weighted by Gasteiger charge is 2.14. The summed E-state index contributed by atoms with van der Waals surface area (Å²) in [6, 6.07) is 0. The smallest absolute Gasteiger partial charge is 0.0107 e. The lowest BCUT2D eigenvalue weighted by molar-refractivity contribution is 0.198. The number of nitrogens with one attached hydrogen (secondary N) is 2. The Bertz CT molecular complexity index is 132. The van der Waals surface area contributed by atoms with Gasteiger partial charge in [0.05, 0.1) is 0 Å². The Morgan fingerprint density at radius 2 is 2.07 bits per heavy atom. The molecule has 0 radical (unpaired) electrons. The summed E-state index contributed by atoms with van der Waals surface area (Å²) in [4.78, 5) is 2.60. The van der Waals surface area contributed by atoms with Crippen LogP contribution in [0.3, 0.4) is 0 Å². The van der Waals surface area contributed by atoms with E-state index < -0.39 is 0 Å². The summed E-state index contributed by atoms with van der Waals surface area (Å²) in [5.41, 5.74) is 0. The van der Waals surface area contributed by atoms with Gasteiger partial charge in [0.2, 0.25) is 0 Å². The van der Waals surface area contributed by atoms with Crippen molar-refractivity contribution in [1.82, 2.24) is 15.5 Å². The molecule has 2 N–H and O–H groups in total. The van der Waals surface area contributed by atoms with Crippen LogP contribution in [0.25, 0.3) is 0 Å². The standard InChI is InChI=1S/C11H25N3/c1-3-11(4-5-12-2)10-14-8-6-13-7-9-14/h11-13H,3-10H2,1-2H3/t11-/m1/s1. The highest BCUT2D eigenvalue weighted by atomic mass is 15.2. The molecular weight excluding hydrogens is 174 g/mol. The Morgan fingerprint density at radius 1 is 1.36 bits per heavy atom. The first-order valence-corrected chi connectivity index (χ1v) is 5.94. The van der Waals surface area contributed by atoms with E-state index >= 15 is 0 Å². The molecule has 1 rings (SSSR count). The number of piperazine rings is 1. The lowest BCUT2D eigenvalue weighted by Crippen LogP contribution is -2.45. The number of hydrogen-bond acceptors (Lipinski definition) is 3. The molecule has 0 aromatic heterocycles. The van der Waals surface area contributed by atoms with Crippen LogP contribution in [0.4, 0.5) is 0 Å². The van der Waals surface area contributed by atoms with Crippen LogP contribution < -0.4 is 10.6 Å². The van der Waals surface area contributed by atoms with Crippen molar-refractivity contribution in [3.8, 4) is 0 Å². The first-order chi connectivity index (χ1) is 6.86. The van der Waals surface area contributed by atoms with Crippen LogP contribution in [0.2, 0.25) is 0 Å². The summed E-state index contributed by atoms with van der Waals surface area (Å²) in [6.45, 7) is 9.56. The molecule has 0 amide bonds. The van der Waals surface area contributed by atoms with Crippen molar-refractivity contribution in [2.24, 2.45) is 5.92 Å². The van der Waals surface area contributed by atoms with Gasteiger partial charge in [-0.05, 0) is 25.9 Å². The van der Waals surface area contributed by atoms with Crippen molar-refractivity contribution in [3.63, 3.8) is 0 Å². The lowest BCUT2D eigenvalue weighted by Gasteiger charge is -2.30. The fraction of sp³-hybridized carbons (Fsp3) is 1.00. The molecule has 0 unspecified atom stereocenters. The van der Waals surface area contributed by atoms with E-state index in [1.54, 1.807) is 0 Å². The minimum absolute atomic E-state index is 0.876. The summed E-state index contributed by atoms with van der Waals surface area (Å²) in [5, 5.41) is 6.63. The summed E-state index contributed by atoms with van der Waals surface area (Å²) >= 11 is 0. The van der Waals surface area contributed by atoms with Crippen molar-refractivity contribution in [3.05, 3.63) is 0 Å². The van der Waals surface area contributed by atoms with Gasteiger partial charge in [-0.2, -0.15) is 0 Å². The van der Waals surface area contributed by atoms with Gasteiger partial charge < -0.3 is 15.5 Å². The molecule has 14 heavy (non-hydrogen) atoms. The molecule has 0 saturated carbocycles. The number of hydrogen-bond donors (Lipinski definition) is 2. The fourth-order valence-electron chi connectivity index (χ4n) is 2.03. The monoisotopic (exact) mass is 199 g/mol. The maximum absolute atomic E-state index is 3.40. The van der Waals surface area contributed by atoms with Crippen LogP contribution in [0.1, 0.15) is 19.8 Å². The van der Waals surface area contributed by atoms with Crippen LogP contribution in [-0.2, 0) is 0 Å². The third-order valence-corrected chi connectivity index (χ3v) is 3.11. The van der Waals surface area contributed by atoms with E-state index in [1.165, 1.54) is 45.6 Å². The lowest BCUT2D eigenvalue weighted by atomic mass is 10.0. The van der Waals surface area contributed by atoms with E-state index in [1.807, 2.05) is 7.05 Å². The molecule has 3 heteroatoms. The Labute approximate surface area is 88.2 Å². The van der Waals surface area contributed by atoms with Gasteiger partial charge in [-0.1, -0.05) is 13.3 Å². The minimum Gasteiger partial charge on any atom is -0.320 e. The largest absolute Gasteiger partial charge is 0.320 e. The molecule has 0 aliphatic carbocycles. The second-order valence-corrected chi connectivity index (χ2v) is 4.22. The minimum atomic E-state index is 0.876. The van der Waals surface area contributed by atoms with Crippen molar-refractivity contribution >= 4 is 0 Å². The number of rotatable bonds is 6. The van der Waals surface area contributed by atoms with Crippen LogP contribution in [0, 0.1) is 5.92 Å². The molecule has 0 aromatic carbocycles. The van der Waals surface area contributed by atoms with Crippen molar-refractivity contribution < 1.29 is 0 Å². The van der Waals surface area contributed by atoms with Gasteiger partial charge in [-0.3, -0.25) is 0 Å². The molecule has 1 saturated heterocycles. The second-order valence-electron chi connectivity index (χ2n) is 4.22. The van der Waals surface area contributed by atoms with E-state index in [0.717, 1.165) is 12.5 Å². The van der Waals surface area contributed by atoms with Crippen LogP contribution in [-0.4, -0.2) is 51.2 Å². The van der Waals surface area contributed by atoms with Crippen LogP contribution >= 0.6 is 0 Å². The third-order valence-electron chi connectivity index (χ3n) is 3.11. The molecular formula is C11H25N3. The zero-order valence-electron chi connectivity index (χ0n) is 9.68. The predicted molar refractivity (Wildman–Crippen MR) is 61.6 cm³/mol. The average Bonchev–Trinajstić information content (AvgIpc) is 2.25. The molecule has 3 nitrogen and oxygen atoms in total. The molecule has 84 valence electrons. The Morgan fingerprint density at radius 3 is 2.64 bits per heavy atom. The quantitative estimate of drug-likeness (QED) is 0.653. The summed E-state index contributed by atoms with van der Waals surface area (Å²) in [5.74, 6) is 0.876. The van der Waals surface area contributed by atoms with E-state index in [9.17, 15) is 0 Å². The van der Waals surface area contributed by atoms with Gasteiger partial charge >= 0.3 is 0 Å². The molecule has 1 fully saturated rings. The predicted octanol–water partition coefficient (Wildman–Crippen LogP) is 0.527. The maximum Gasteiger partial charge on any atom is 0.0107 e. The first-order valence-electron chi connectivity index (χ1n) is 5.94. The topological polar surface area (TPSA) is 27.3 Å². The van der Waals surface area contributed by atoms with Crippen molar-refractivity contribution in [1.29, 1.82) is 0 Å². The van der Waals surface area contributed by atoms with E-state index in [-0.39, 0.29) is 0 Å². The molecule has 1 atom stereocenters. The first kappa shape index (κ1) is 12.0. The van der Waals surface area contributed by atoms with Crippen LogP contribution in [0.5, 0.6) is 0 Å². The van der Waals surface area contributed by atoms with E-state index in [0.29, 0.717) is 0 Å². The van der Waals surface area contributed by atoms with Crippen LogP contribution in [0.15, 0.2) is 0 Å². The molecule has 1 aliphatic heterocycles. The third kappa shape index (κ3) is 4.40. The number of nitrogens with zero attached hydrogens (tertiary/aromatic N) is 1. The highest BCUT2D eigenvalue weighted by Crippen LogP contribution is 2.10. The molecule has 1 aliphatic rings. The van der Waals surface area contributed by atoms with Gasteiger partial charge in [-0.15, -0.1) is 0 Å². The zero-order chi connectivity index (χ0) is 10.2. The average molecular weight is 199 g/mol. The van der Waals surface area contributed by atoms with Crippen molar-refractivity contribution in [2.45, 2.75) is 19.8 Å². The maximum atomic E-state index is 3.40. The van der Waals surface area contributed by atoms with Crippen molar-refractivity contribution in [2.75, 3.05) is 46.3 Å².